The molecule has 5 heteroatoms. The van der Waals surface area contributed by atoms with Crippen LogP contribution in [0.2, 0.25) is 0 Å². The van der Waals surface area contributed by atoms with Crippen molar-refractivity contribution in [3.05, 3.63) is 170 Å². The van der Waals surface area contributed by atoms with Gasteiger partial charge in [0, 0.05) is 49.1 Å². The third-order valence-electron chi connectivity index (χ3n) is 10.1. The van der Waals surface area contributed by atoms with E-state index in [2.05, 4.69) is 155 Å². The minimum absolute atomic E-state index is 0.626. The van der Waals surface area contributed by atoms with Gasteiger partial charge in [-0.05, 0) is 66.7 Å². The molecule has 238 valence electrons. The first-order valence-electron chi connectivity index (χ1n) is 17.2. The monoisotopic (exact) mass is 652 g/mol. The van der Waals surface area contributed by atoms with Gasteiger partial charge in [0.1, 0.15) is 11.2 Å². The Morgan fingerprint density at radius 2 is 0.922 bits per heavy atom. The number of furan rings is 1. The molecule has 0 aliphatic rings. The molecule has 7 aromatic carbocycles. The zero-order chi connectivity index (χ0) is 33.5. The fraction of sp³-hybridized carbons (Fsp3) is 0. The highest BCUT2D eigenvalue weighted by Crippen LogP contribution is 2.42. The lowest BCUT2D eigenvalue weighted by atomic mass is 10.0. The Kier molecular flexibility index (Phi) is 5.89. The molecular weight excluding hydrogens is 625 g/mol. The molecule has 0 fully saturated rings. The van der Waals surface area contributed by atoms with Crippen molar-refractivity contribution >= 4 is 65.6 Å². The minimum atomic E-state index is 0.626. The first-order valence-corrected chi connectivity index (χ1v) is 17.2. The summed E-state index contributed by atoms with van der Waals surface area (Å²) < 4.78 is 10.8. The van der Waals surface area contributed by atoms with Crippen molar-refractivity contribution in [1.29, 1.82) is 0 Å². The molecule has 0 atom stereocenters. The van der Waals surface area contributed by atoms with Crippen LogP contribution in [-0.2, 0) is 0 Å². The van der Waals surface area contributed by atoms with E-state index in [1.807, 2.05) is 24.3 Å². The van der Waals surface area contributed by atoms with E-state index in [0.29, 0.717) is 5.95 Å². The lowest BCUT2D eigenvalue weighted by Gasteiger charge is -2.12. The Morgan fingerprint density at radius 3 is 1.65 bits per heavy atom. The molecule has 11 rings (SSSR count). The van der Waals surface area contributed by atoms with Crippen molar-refractivity contribution in [2.24, 2.45) is 0 Å². The van der Waals surface area contributed by atoms with Gasteiger partial charge in [-0.3, -0.25) is 4.57 Å². The Balaban J connectivity index is 1.23. The molecule has 5 nitrogen and oxygen atoms in total. The first kappa shape index (κ1) is 27.9. The molecule has 0 bridgehead atoms. The van der Waals surface area contributed by atoms with E-state index < -0.39 is 0 Å². The van der Waals surface area contributed by atoms with E-state index in [4.69, 9.17) is 14.4 Å². The summed E-state index contributed by atoms with van der Waals surface area (Å²) in [5.41, 5.74) is 11.1. The zero-order valence-electron chi connectivity index (χ0n) is 27.4. The minimum Gasteiger partial charge on any atom is -0.456 e. The SMILES string of the molecule is c1ccc(-c2cc(-c3ccc4oc5ccccc5c4c3)nc(-n3c4ccccc4c4c5c6ccccc6n(-c6ccccc6)c5ccc43)n2)cc1. The van der Waals surface area contributed by atoms with Crippen molar-refractivity contribution in [2.45, 2.75) is 0 Å². The van der Waals surface area contributed by atoms with Crippen LogP contribution in [0.5, 0.6) is 0 Å². The Labute approximate surface area is 292 Å². The number of nitrogens with zero attached hydrogens (tertiary/aromatic N) is 4. The van der Waals surface area contributed by atoms with E-state index >= 15 is 0 Å². The second-order valence-corrected chi connectivity index (χ2v) is 13.0. The molecule has 0 N–H and O–H groups in total. The highest BCUT2D eigenvalue weighted by molar-refractivity contribution is 6.28. The number of para-hydroxylation sites is 4. The third-order valence-corrected chi connectivity index (χ3v) is 10.1. The predicted molar refractivity (Wildman–Crippen MR) is 209 cm³/mol. The molecule has 0 saturated heterocycles. The molecule has 0 amide bonds. The zero-order valence-corrected chi connectivity index (χ0v) is 27.4. The normalized spacial score (nSPS) is 11.9. The second-order valence-electron chi connectivity index (χ2n) is 13.0. The Bertz CT molecular complexity index is 3130. The van der Waals surface area contributed by atoms with Gasteiger partial charge in [0.15, 0.2) is 0 Å². The molecule has 0 unspecified atom stereocenters. The van der Waals surface area contributed by atoms with E-state index in [1.54, 1.807) is 0 Å². The number of aromatic nitrogens is 4. The van der Waals surface area contributed by atoms with Crippen LogP contribution in [0.25, 0.3) is 99.7 Å². The van der Waals surface area contributed by atoms with E-state index in [0.717, 1.165) is 72.1 Å². The van der Waals surface area contributed by atoms with Crippen LogP contribution < -0.4 is 0 Å². The van der Waals surface area contributed by atoms with Crippen LogP contribution in [0.1, 0.15) is 0 Å². The number of hydrogen-bond donors (Lipinski definition) is 0. The fourth-order valence-corrected chi connectivity index (χ4v) is 7.91. The number of benzene rings is 7. The van der Waals surface area contributed by atoms with Gasteiger partial charge in [0.2, 0.25) is 5.95 Å². The number of hydrogen-bond acceptors (Lipinski definition) is 3. The molecule has 51 heavy (non-hydrogen) atoms. The topological polar surface area (TPSA) is 48.8 Å². The van der Waals surface area contributed by atoms with Gasteiger partial charge in [-0.1, -0.05) is 103 Å². The maximum Gasteiger partial charge on any atom is 0.235 e. The first-order chi connectivity index (χ1) is 25.3. The van der Waals surface area contributed by atoms with E-state index in [-0.39, 0.29) is 0 Å². The summed E-state index contributed by atoms with van der Waals surface area (Å²) in [6.07, 6.45) is 0. The largest absolute Gasteiger partial charge is 0.456 e. The second kappa shape index (κ2) is 10.8. The summed E-state index contributed by atoms with van der Waals surface area (Å²) in [6.45, 7) is 0. The smallest absolute Gasteiger partial charge is 0.235 e. The van der Waals surface area contributed by atoms with Crippen LogP contribution in [0, 0.1) is 0 Å². The predicted octanol–water partition coefficient (Wildman–Crippen LogP) is 11.9. The quantitative estimate of drug-likeness (QED) is 0.190. The lowest BCUT2D eigenvalue weighted by Crippen LogP contribution is -2.04. The summed E-state index contributed by atoms with van der Waals surface area (Å²) in [6, 6.07) is 59.4. The molecular formula is C46H28N4O. The summed E-state index contributed by atoms with van der Waals surface area (Å²) in [4.78, 5) is 10.7. The van der Waals surface area contributed by atoms with Crippen LogP contribution in [-0.4, -0.2) is 19.1 Å². The maximum absolute atomic E-state index is 6.17. The van der Waals surface area contributed by atoms with Crippen LogP contribution in [0.4, 0.5) is 0 Å². The van der Waals surface area contributed by atoms with Crippen molar-refractivity contribution in [1.82, 2.24) is 19.1 Å². The van der Waals surface area contributed by atoms with Gasteiger partial charge >= 0.3 is 0 Å². The lowest BCUT2D eigenvalue weighted by molar-refractivity contribution is 0.669. The molecule has 0 radical (unpaired) electrons. The van der Waals surface area contributed by atoms with Gasteiger partial charge in [0.05, 0.1) is 33.5 Å². The molecule has 0 spiro atoms. The van der Waals surface area contributed by atoms with Crippen LogP contribution in [0.3, 0.4) is 0 Å². The van der Waals surface area contributed by atoms with Crippen molar-refractivity contribution in [2.75, 3.05) is 0 Å². The highest BCUT2D eigenvalue weighted by atomic mass is 16.3. The third kappa shape index (κ3) is 4.15. The molecule has 4 heterocycles. The summed E-state index contributed by atoms with van der Waals surface area (Å²) >= 11 is 0. The standard InChI is InChI=1S/C46H28N4O/c1-3-13-29(14-4-1)36-28-37(30-23-26-43-35(27-30)32-17-9-12-22-42(32)51-43)48-46(47-36)50-39-21-11-8-19-34(39)45-41(50)25-24-40-44(45)33-18-7-10-20-38(33)49(40)31-15-5-2-6-16-31/h1-28H. The maximum atomic E-state index is 6.17. The van der Waals surface area contributed by atoms with Gasteiger partial charge in [-0.15, -0.1) is 0 Å². The van der Waals surface area contributed by atoms with Gasteiger partial charge in [0.25, 0.3) is 0 Å². The van der Waals surface area contributed by atoms with Crippen molar-refractivity contribution in [3.8, 4) is 34.2 Å². The van der Waals surface area contributed by atoms with Crippen LogP contribution in [0.15, 0.2) is 174 Å². The molecule has 11 aromatic rings. The molecule has 0 aliphatic heterocycles. The average molecular weight is 653 g/mol. The summed E-state index contributed by atoms with van der Waals surface area (Å²) in [7, 11) is 0. The van der Waals surface area contributed by atoms with Gasteiger partial charge in [-0.25, -0.2) is 9.97 Å². The molecule has 0 saturated carbocycles. The highest BCUT2D eigenvalue weighted by Gasteiger charge is 2.22. The summed E-state index contributed by atoms with van der Waals surface area (Å²) in [5.74, 6) is 0.626. The van der Waals surface area contributed by atoms with E-state index in [1.165, 1.54) is 21.7 Å². The summed E-state index contributed by atoms with van der Waals surface area (Å²) in [5, 5.41) is 6.95. The van der Waals surface area contributed by atoms with Gasteiger partial charge < -0.3 is 8.98 Å². The Morgan fingerprint density at radius 1 is 0.373 bits per heavy atom. The number of rotatable bonds is 4. The average Bonchev–Trinajstić information content (AvgIpc) is 3.85. The Hall–Kier alpha value is -6.98. The van der Waals surface area contributed by atoms with Crippen LogP contribution >= 0.6 is 0 Å². The van der Waals surface area contributed by atoms with Gasteiger partial charge in [-0.2, -0.15) is 0 Å². The van der Waals surface area contributed by atoms with Crippen molar-refractivity contribution in [3.63, 3.8) is 0 Å². The van der Waals surface area contributed by atoms with Crippen molar-refractivity contribution < 1.29 is 4.42 Å². The van der Waals surface area contributed by atoms with E-state index in [9.17, 15) is 0 Å². The molecule has 4 aromatic heterocycles. The fourth-order valence-electron chi connectivity index (χ4n) is 7.91. The number of fused-ring (bicyclic) bond motifs is 10. The molecule has 0 aliphatic carbocycles.